The van der Waals surface area contributed by atoms with Gasteiger partial charge in [-0.15, -0.1) is 0 Å². The molecule has 0 aromatic heterocycles. The van der Waals surface area contributed by atoms with E-state index in [0.29, 0.717) is 6.10 Å². The fraction of sp³-hybridized carbons (Fsp3) is 1.00. The maximum Gasteiger partial charge on any atom is 0.384 e. The number of unbranched alkanes of at least 4 members (excludes halogenated alkanes) is 1. The Morgan fingerprint density at radius 2 is 1.38 bits per heavy atom. The Morgan fingerprint density at radius 1 is 0.833 bits per heavy atom. The largest absolute Gasteiger partial charge is 0.397 e. The molecule has 24 heavy (non-hydrogen) atoms. The zero-order valence-corrected chi connectivity index (χ0v) is 16.9. The molecule has 5 heteroatoms. The minimum atomic E-state index is -1.15. The van der Waals surface area contributed by atoms with E-state index in [2.05, 4.69) is 0 Å². The lowest BCUT2D eigenvalue weighted by molar-refractivity contribution is -0.107. The molecule has 2 aliphatic carbocycles. The van der Waals surface area contributed by atoms with Crippen molar-refractivity contribution in [1.82, 2.24) is 0 Å². The first-order chi connectivity index (χ1) is 11.8. The van der Waals surface area contributed by atoms with Crippen LogP contribution in [0.5, 0.6) is 0 Å². The Labute approximate surface area is 150 Å². The van der Waals surface area contributed by atoms with Crippen LogP contribution in [0, 0.1) is 11.8 Å². The molecule has 0 N–H and O–H groups in total. The molecule has 2 aliphatic rings. The monoisotopic (exact) mass is 357 g/mol. The van der Waals surface area contributed by atoms with Crippen LogP contribution in [0.1, 0.15) is 70.6 Å². The van der Waals surface area contributed by atoms with E-state index in [4.69, 9.17) is 18.3 Å². The summed E-state index contributed by atoms with van der Waals surface area (Å²) in [5.74, 6) is 1.57. The number of hydrogen-bond acceptors (Lipinski definition) is 4. The van der Waals surface area contributed by atoms with E-state index in [1.807, 2.05) is 7.11 Å². The predicted octanol–water partition coefficient (Wildman–Crippen LogP) is 4.68. The van der Waals surface area contributed by atoms with Gasteiger partial charge in [0.2, 0.25) is 0 Å². The highest BCUT2D eigenvalue weighted by Gasteiger charge is 2.36. The van der Waals surface area contributed by atoms with Crippen LogP contribution in [-0.2, 0) is 18.3 Å². The van der Waals surface area contributed by atoms with E-state index in [0.717, 1.165) is 37.1 Å². The molecule has 0 spiro atoms. The van der Waals surface area contributed by atoms with Gasteiger partial charge in [0.15, 0.2) is 6.29 Å². The highest BCUT2D eigenvalue weighted by molar-refractivity contribution is 6.44. The minimum Gasteiger partial charge on any atom is -0.397 e. The second-order valence-corrected chi connectivity index (χ2v) is 9.28. The molecule has 141 valence electrons. The van der Waals surface area contributed by atoms with Crippen molar-refractivity contribution in [2.24, 2.45) is 11.8 Å². The van der Waals surface area contributed by atoms with Crippen molar-refractivity contribution in [1.29, 1.82) is 0 Å². The minimum absolute atomic E-state index is 0.0751. The third-order valence-electron chi connectivity index (χ3n) is 5.82. The molecule has 0 bridgehead atoms. The van der Waals surface area contributed by atoms with Crippen molar-refractivity contribution in [2.75, 3.05) is 21.3 Å². The van der Waals surface area contributed by atoms with E-state index in [-0.39, 0.29) is 6.29 Å². The van der Waals surface area contributed by atoms with Gasteiger partial charge in [0.1, 0.15) is 0 Å². The Morgan fingerprint density at radius 3 is 1.83 bits per heavy atom. The zero-order chi connectivity index (χ0) is 17.2. The highest BCUT2D eigenvalue weighted by atomic mass is 28.3. The summed E-state index contributed by atoms with van der Waals surface area (Å²) in [6.07, 6.45) is 14.6. The van der Waals surface area contributed by atoms with Gasteiger partial charge in [-0.25, -0.2) is 0 Å². The number of ether oxygens (including phenoxy) is 2. The summed E-state index contributed by atoms with van der Waals surface area (Å²) in [6.45, 7) is 0. The van der Waals surface area contributed by atoms with Crippen LogP contribution in [0.3, 0.4) is 0 Å². The van der Waals surface area contributed by atoms with Crippen LogP contribution in [0.4, 0.5) is 0 Å². The van der Waals surface area contributed by atoms with Crippen molar-refractivity contribution < 1.29 is 18.3 Å². The van der Waals surface area contributed by atoms with Crippen molar-refractivity contribution in [3.8, 4) is 0 Å². The molecule has 2 saturated carbocycles. The van der Waals surface area contributed by atoms with Gasteiger partial charge >= 0.3 is 9.28 Å². The van der Waals surface area contributed by atoms with Crippen molar-refractivity contribution in [3.63, 3.8) is 0 Å². The lowest BCUT2D eigenvalue weighted by Crippen LogP contribution is -2.36. The second kappa shape index (κ2) is 11.6. The van der Waals surface area contributed by atoms with E-state index >= 15 is 0 Å². The van der Waals surface area contributed by atoms with Crippen molar-refractivity contribution in [3.05, 3.63) is 0 Å². The van der Waals surface area contributed by atoms with Crippen molar-refractivity contribution >= 4 is 9.28 Å². The van der Waals surface area contributed by atoms with Crippen molar-refractivity contribution in [2.45, 2.75) is 89.1 Å². The fourth-order valence-electron chi connectivity index (χ4n) is 4.42. The lowest BCUT2D eigenvalue weighted by Gasteiger charge is -2.32. The van der Waals surface area contributed by atoms with E-state index in [9.17, 15) is 0 Å². The second-order valence-electron chi connectivity index (χ2n) is 7.39. The Bertz CT molecular complexity index is 296. The molecule has 0 saturated heterocycles. The highest BCUT2D eigenvalue weighted by Crippen LogP contribution is 2.39. The molecule has 4 nitrogen and oxygen atoms in total. The summed E-state index contributed by atoms with van der Waals surface area (Å²) >= 11 is 0. The standard InChI is InChI=1S/C19H37O4Si/c1-20-18(21-2)14-8-9-15-24(22-3)23-19(16-10-4-5-11-16)17-12-6-7-13-17/h16-19H,4-15H2,1-3H3. The molecule has 2 rings (SSSR count). The summed E-state index contributed by atoms with van der Waals surface area (Å²) in [5, 5.41) is 0. The van der Waals surface area contributed by atoms with Crippen LogP contribution >= 0.6 is 0 Å². The number of rotatable bonds is 12. The quantitative estimate of drug-likeness (QED) is 0.289. The van der Waals surface area contributed by atoms with Crippen LogP contribution in [0.2, 0.25) is 6.04 Å². The summed E-state index contributed by atoms with van der Waals surface area (Å²) in [6, 6.07) is 1.07. The van der Waals surface area contributed by atoms with Crippen LogP contribution in [0.15, 0.2) is 0 Å². The lowest BCUT2D eigenvalue weighted by atomic mass is 9.89. The summed E-state index contributed by atoms with van der Waals surface area (Å²) in [7, 11) is 4.09. The topological polar surface area (TPSA) is 36.9 Å². The van der Waals surface area contributed by atoms with Gasteiger partial charge in [-0.2, -0.15) is 0 Å². The SMILES string of the molecule is COC(CCCC[Si](OC)OC(C1CCCC1)C1CCCC1)OC. The van der Waals surface area contributed by atoms with Gasteiger partial charge in [-0.1, -0.05) is 32.1 Å². The Balaban J connectivity index is 1.77. The number of methoxy groups -OCH3 is 2. The van der Waals surface area contributed by atoms with Crippen LogP contribution in [-0.4, -0.2) is 43.0 Å². The first-order valence-electron chi connectivity index (χ1n) is 9.90. The molecule has 2 fully saturated rings. The maximum atomic E-state index is 6.64. The average molecular weight is 358 g/mol. The average Bonchev–Trinajstić information content (AvgIpc) is 3.31. The van der Waals surface area contributed by atoms with Gasteiger partial charge in [-0.3, -0.25) is 0 Å². The van der Waals surface area contributed by atoms with E-state index in [1.165, 1.54) is 51.4 Å². The third kappa shape index (κ3) is 6.41. The van der Waals surface area contributed by atoms with Gasteiger partial charge in [-0.05, 0) is 56.4 Å². The van der Waals surface area contributed by atoms with Gasteiger partial charge in [0, 0.05) is 21.3 Å². The summed E-state index contributed by atoms with van der Waals surface area (Å²) in [4.78, 5) is 0. The smallest absolute Gasteiger partial charge is 0.384 e. The molecule has 0 atom stereocenters. The first-order valence-corrected chi connectivity index (χ1v) is 11.4. The van der Waals surface area contributed by atoms with Crippen LogP contribution < -0.4 is 0 Å². The Kier molecular flexibility index (Phi) is 9.87. The fourth-order valence-corrected chi connectivity index (χ4v) is 6.07. The van der Waals surface area contributed by atoms with E-state index < -0.39 is 9.28 Å². The van der Waals surface area contributed by atoms with Crippen LogP contribution in [0.25, 0.3) is 0 Å². The molecule has 0 aromatic carbocycles. The van der Waals surface area contributed by atoms with Gasteiger partial charge < -0.3 is 18.3 Å². The summed E-state index contributed by atoms with van der Waals surface area (Å²) < 4.78 is 22.9. The third-order valence-corrected chi connectivity index (χ3v) is 7.57. The molecule has 0 aliphatic heterocycles. The normalized spacial score (nSPS) is 20.2. The molecule has 0 unspecified atom stereocenters. The van der Waals surface area contributed by atoms with Gasteiger partial charge in [0.05, 0.1) is 6.10 Å². The molecule has 1 radical (unpaired) electrons. The number of hydrogen-bond donors (Lipinski definition) is 0. The zero-order valence-electron chi connectivity index (χ0n) is 15.9. The predicted molar refractivity (Wildman–Crippen MR) is 98.0 cm³/mol. The van der Waals surface area contributed by atoms with E-state index in [1.54, 1.807) is 14.2 Å². The summed E-state index contributed by atoms with van der Waals surface area (Å²) in [5.41, 5.74) is 0. The Hall–Kier alpha value is 0.0569. The molecule has 0 aromatic rings. The molecular formula is C19H37O4Si. The first kappa shape index (κ1) is 20.4. The molecular weight excluding hydrogens is 320 g/mol. The maximum absolute atomic E-state index is 6.64. The molecule has 0 amide bonds. The molecule has 0 heterocycles. The van der Waals surface area contributed by atoms with Gasteiger partial charge in [0.25, 0.3) is 0 Å².